The molecule has 1 aliphatic rings. The summed E-state index contributed by atoms with van der Waals surface area (Å²) in [6.07, 6.45) is 1.32. The maximum atomic E-state index is 12.5. The Labute approximate surface area is 173 Å². The van der Waals surface area contributed by atoms with Crippen molar-refractivity contribution in [2.75, 3.05) is 37.0 Å². The molecule has 30 heavy (non-hydrogen) atoms. The molecule has 0 N–H and O–H groups in total. The molecule has 2 aromatic rings. The molecule has 3 rings (SSSR count). The summed E-state index contributed by atoms with van der Waals surface area (Å²) in [5.41, 5.74) is 1.26. The van der Waals surface area contributed by atoms with Crippen LogP contribution in [-0.4, -0.2) is 49.8 Å². The monoisotopic (exact) mass is 411 g/mol. The minimum Gasteiger partial charge on any atom is -0.454 e. The number of carbonyl (C=O) groups is 3. The summed E-state index contributed by atoms with van der Waals surface area (Å²) in [4.78, 5) is 50.4. The summed E-state index contributed by atoms with van der Waals surface area (Å²) in [5, 5.41) is 11.0. The highest BCUT2D eigenvalue weighted by Gasteiger charge is 2.23. The molecule has 0 unspecified atom stereocenters. The third-order valence-corrected chi connectivity index (χ3v) is 4.80. The van der Waals surface area contributed by atoms with E-state index in [1.54, 1.807) is 48.2 Å². The van der Waals surface area contributed by atoms with Gasteiger partial charge in [0.2, 0.25) is 5.91 Å². The lowest BCUT2D eigenvalue weighted by atomic mass is 10.1. The van der Waals surface area contributed by atoms with Gasteiger partial charge in [0.05, 0.1) is 16.2 Å². The van der Waals surface area contributed by atoms with Gasteiger partial charge >= 0.3 is 5.97 Å². The molecular weight excluding hydrogens is 390 g/mol. The van der Waals surface area contributed by atoms with Gasteiger partial charge in [0.1, 0.15) is 0 Å². The van der Waals surface area contributed by atoms with Crippen molar-refractivity contribution in [2.45, 2.75) is 12.8 Å². The maximum Gasteiger partial charge on any atom is 0.340 e. The third-order valence-electron chi connectivity index (χ3n) is 4.80. The molecular formula is C21H21N3O6. The minimum absolute atomic E-state index is 0.00453. The molecule has 1 aliphatic heterocycles. The minimum atomic E-state index is -0.824. The van der Waals surface area contributed by atoms with Crippen LogP contribution in [0.4, 0.5) is 17.1 Å². The highest BCUT2D eigenvalue weighted by Crippen LogP contribution is 2.25. The first kappa shape index (κ1) is 21.0. The lowest BCUT2D eigenvalue weighted by Crippen LogP contribution is -2.23. The van der Waals surface area contributed by atoms with Gasteiger partial charge in [-0.2, -0.15) is 0 Å². The fourth-order valence-corrected chi connectivity index (χ4v) is 3.23. The van der Waals surface area contributed by atoms with Crippen molar-refractivity contribution < 1.29 is 24.0 Å². The zero-order valence-corrected chi connectivity index (χ0v) is 16.7. The predicted octanol–water partition coefficient (Wildman–Crippen LogP) is 2.83. The predicted molar refractivity (Wildman–Crippen MR) is 110 cm³/mol. The summed E-state index contributed by atoms with van der Waals surface area (Å²) >= 11 is 0. The Morgan fingerprint density at radius 2 is 1.87 bits per heavy atom. The van der Waals surface area contributed by atoms with Gasteiger partial charge in [-0.3, -0.25) is 19.7 Å². The number of esters is 1. The average molecular weight is 411 g/mol. The molecule has 1 fully saturated rings. The van der Waals surface area contributed by atoms with Crippen LogP contribution in [0.25, 0.3) is 0 Å². The first-order valence-corrected chi connectivity index (χ1v) is 9.34. The quantitative estimate of drug-likeness (QED) is 0.298. The number of hydrogen-bond donors (Lipinski definition) is 0. The summed E-state index contributed by atoms with van der Waals surface area (Å²) in [7, 11) is 3.38. The number of hydrogen-bond acceptors (Lipinski definition) is 7. The van der Waals surface area contributed by atoms with Crippen LogP contribution in [0.2, 0.25) is 0 Å². The Kier molecular flexibility index (Phi) is 6.10. The van der Waals surface area contributed by atoms with E-state index < -0.39 is 23.3 Å². The van der Waals surface area contributed by atoms with Crippen molar-refractivity contribution in [3.05, 3.63) is 63.7 Å². The van der Waals surface area contributed by atoms with Crippen molar-refractivity contribution in [1.82, 2.24) is 0 Å². The molecule has 0 spiro atoms. The fourth-order valence-electron chi connectivity index (χ4n) is 3.23. The molecule has 0 atom stereocenters. The maximum absolute atomic E-state index is 12.5. The molecule has 1 amide bonds. The highest BCUT2D eigenvalue weighted by molar-refractivity contribution is 6.02. The summed E-state index contributed by atoms with van der Waals surface area (Å²) in [5.74, 6) is -1.19. The van der Waals surface area contributed by atoms with Crippen molar-refractivity contribution in [3.63, 3.8) is 0 Å². The molecule has 0 saturated carbocycles. The second-order valence-electron chi connectivity index (χ2n) is 7.05. The number of anilines is 2. The Morgan fingerprint density at radius 3 is 2.43 bits per heavy atom. The van der Waals surface area contributed by atoms with E-state index in [9.17, 15) is 24.5 Å². The van der Waals surface area contributed by atoms with Gasteiger partial charge in [0, 0.05) is 50.4 Å². The van der Waals surface area contributed by atoms with E-state index in [2.05, 4.69) is 0 Å². The zero-order chi connectivity index (χ0) is 21.8. The van der Waals surface area contributed by atoms with Crippen LogP contribution in [0.1, 0.15) is 33.6 Å². The number of Topliss-reactive ketones (excluding diaryl/α,β-unsaturated/α-hetero) is 1. The molecule has 1 heterocycles. The van der Waals surface area contributed by atoms with Crippen molar-refractivity contribution >= 4 is 34.7 Å². The van der Waals surface area contributed by atoms with Crippen LogP contribution < -0.4 is 9.80 Å². The largest absolute Gasteiger partial charge is 0.454 e. The van der Waals surface area contributed by atoms with Gasteiger partial charge in [0.25, 0.3) is 5.69 Å². The molecule has 0 radical (unpaired) electrons. The number of amides is 1. The lowest BCUT2D eigenvalue weighted by molar-refractivity contribution is -0.384. The van der Waals surface area contributed by atoms with Gasteiger partial charge in [-0.15, -0.1) is 0 Å². The van der Waals surface area contributed by atoms with Crippen molar-refractivity contribution in [1.29, 1.82) is 0 Å². The zero-order valence-electron chi connectivity index (χ0n) is 16.7. The van der Waals surface area contributed by atoms with Crippen LogP contribution in [0.5, 0.6) is 0 Å². The Balaban J connectivity index is 1.68. The first-order chi connectivity index (χ1) is 14.3. The number of non-ortho nitro benzene ring substituents is 1. The number of ether oxygens (including phenoxy) is 1. The number of ketones is 1. The van der Waals surface area contributed by atoms with E-state index in [4.69, 9.17) is 4.74 Å². The molecule has 156 valence electrons. The highest BCUT2D eigenvalue weighted by atomic mass is 16.6. The SMILES string of the molecule is CN(C)c1ccc([N+](=O)[O-])cc1C(=O)OCC(=O)c1ccc(N2CCCC2=O)cc1. The van der Waals surface area contributed by atoms with Crippen molar-refractivity contribution in [2.24, 2.45) is 0 Å². The molecule has 0 aliphatic carbocycles. The standard InChI is InChI=1S/C21H21N3O6/c1-22(2)18-10-9-16(24(28)29)12-17(18)21(27)30-13-19(25)14-5-7-15(8-6-14)23-11-3-4-20(23)26/h5-10,12H,3-4,11,13H2,1-2H3. The number of nitro groups is 1. The van der Waals surface area contributed by atoms with Crippen LogP contribution in [0.15, 0.2) is 42.5 Å². The van der Waals surface area contributed by atoms with E-state index in [1.165, 1.54) is 12.1 Å². The van der Waals surface area contributed by atoms with E-state index in [0.717, 1.165) is 18.2 Å². The number of carbonyl (C=O) groups excluding carboxylic acids is 3. The number of nitro benzene ring substituents is 1. The average Bonchev–Trinajstić information content (AvgIpc) is 3.17. The Hall–Kier alpha value is -3.75. The van der Waals surface area contributed by atoms with E-state index in [1.807, 2.05) is 0 Å². The van der Waals surface area contributed by atoms with Crippen molar-refractivity contribution in [3.8, 4) is 0 Å². The Bertz CT molecular complexity index is 1000. The van der Waals surface area contributed by atoms with Crippen LogP contribution in [-0.2, 0) is 9.53 Å². The van der Waals surface area contributed by atoms with Gasteiger partial charge in [-0.1, -0.05) is 0 Å². The third kappa shape index (κ3) is 4.45. The molecule has 0 aromatic heterocycles. The molecule has 0 bridgehead atoms. The number of benzene rings is 2. The lowest BCUT2D eigenvalue weighted by Gasteiger charge is -2.17. The molecule has 9 nitrogen and oxygen atoms in total. The van der Waals surface area contributed by atoms with Gasteiger partial charge < -0.3 is 14.5 Å². The van der Waals surface area contributed by atoms with Gasteiger partial charge in [-0.05, 0) is 36.8 Å². The van der Waals surface area contributed by atoms with E-state index >= 15 is 0 Å². The smallest absolute Gasteiger partial charge is 0.340 e. The van der Waals surface area contributed by atoms with E-state index in [0.29, 0.717) is 24.2 Å². The summed E-state index contributed by atoms with van der Waals surface area (Å²) in [6.45, 7) is 0.150. The summed E-state index contributed by atoms with van der Waals surface area (Å²) < 4.78 is 5.11. The normalized spacial score (nSPS) is 13.3. The number of rotatable bonds is 7. The second-order valence-corrected chi connectivity index (χ2v) is 7.05. The summed E-state index contributed by atoms with van der Waals surface area (Å²) in [6, 6.07) is 10.4. The molecule has 1 saturated heterocycles. The topological polar surface area (TPSA) is 110 Å². The first-order valence-electron chi connectivity index (χ1n) is 9.34. The Morgan fingerprint density at radius 1 is 1.17 bits per heavy atom. The van der Waals surface area contributed by atoms with Gasteiger partial charge in [0.15, 0.2) is 12.4 Å². The van der Waals surface area contributed by atoms with E-state index in [-0.39, 0.29) is 17.2 Å². The van der Waals surface area contributed by atoms with Crippen LogP contribution in [0.3, 0.4) is 0 Å². The second kappa shape index (κ2) is 8.73. The van der Waals surface area contributed by atoms with Gasteiger partial charge in [-0.25, -0.2) is 4.79 Å². The molecule has 9 heteroatoms. The molecule has 2 aromatic carbocycles. The van der Waals surface area contributed by atoms with Crippen LogP contribution >= 0.6 is 0 Å². The number of nitrogens with zero attached hydrogens (tertiary/aromatic N) is 3. The van der Waals surface area contributed by atoms with Crippen LogP contribution in [0, 0.1) is 10.1 Å². The fraction of sp³-hybridized carbons (Fsp3) is 0.286.